The van der Waals surface area contributed by atoms with E-state index >= 15 is 0 Å². The number of hydrogen-bond acceptors (Lipinski definition) is 1. The van der Waals surface area contributed by atoms with Gasteiger partial charge < -0.3 is 10.6 Å². The van der Waals surface area contributed by atoms with Gasteiger partial charge in [0.25, 0.3) is 0 Å². The number of rotatable bonds is 4. The molecule has 0 heterocycles. The molecule has 128 valence electrons. The van der Waals surface area contributed by atoms with Gasteiger partial charge in [0.2, 0.25) is 0 Å². The zero-order valence-corrected chi connectivity index (χ0v) is 16.1. The number of nitrogens with one attached hydrogen (secondary N) is 2. The van der Waals surface area contributed by atoms with E-state index < -0.39 is 0 Å². The first-order valence-corrected chi connectivity index (χ1v) is 8.97. The van der Waals surface area contributed by atoms with Crippen molar-refractivity contribution in [2.24, 2.45) is 0 Å². The number of anilines is 1. The topological polar surface area (TPSA) is 24.1 Å². The molecule has 2 rings (SSSR count). The second-order valence-electron chi connectivity index (χ2n) is 7.24. The van der Waals surface area contributed by atoms with Crippen molar-refractivity contribution in [3.05, 3.63) is 65.2 Å². The average molecular weight is 341 g/mol. The summed E-state index contributed by atoms with van der Waals surface area (Å²) in [5, 5.41) is 7.25. The largest absolute Gasteiger partial charge is 0.356 e. The molecule has 1 atom stereocenters. The van der Waals surface area contributed by atoms with Crippen molar-refractivity contribution in [1.82, 2.24) is 5.32 Å². The Balaban J connectivity index is 1.95. The molecule has 2 aromatic rings. The van der Waals surface area contributed by atoms with Gasteiger partial charge in [-0.3, -0.25) is 0 Å². The predicted octanol–water partition coefficient (Wildman–Crippen LogP) is 5.59. The van der Waals surface area contributed by atoms with Gasteiger partial charge in [-0.15, -0.1) is 0 Å². The molecule has 0 spiro atoms. The molecule has 0 saturated heterocycles. The Morgan fingerprint density at radius 3 is 2.08 bits per heavy atom. The first-order valence-electron chi connectivity index (χ1n) is 8.56. The molecule has 0 aliphatic heterocycles. The summed E-state index contributed by atoms with van der Waals surface area (Å²) in [5.74, 6) is 0. The summed E-state index contributed by atoms with van der Waals surface area (Å²) in [6, 6.07) is 17.3. The molecule has 24 heavy (non-hydrogen) atoms. The van der Waals surface area contributed by atoms with Gasteiger partial charge in [0.05, 0.1) is 6.04 Å². The van der Waals surface area contributed by atoms with Crippen molar-refractivity contribution in [2.45, 2.75) is 52.5 Å². The van der Waals surface area contributed by atoms with Gasteiger partial charge in [-0.2, -0.15) is 0 Å². The van der Waals surface area contributed by atoms with Gasteiger partial charge >= 0.3 is 0 Å². The summed E-state index contributed by atoms with van der Waals surface area (Å²) < 4.78 is 0. The van der Waals surface area contributed by atoms with Crippen LogP contribution >= 0.6 is 12.2 Å². The monoisotopic (exact) mass is 340 g/mol. The Hall–Kier alpha value is -1.87. The minimum Gasteiger partial charge on any atom is -0.356 e. The summed E-state index contributed by atoms with van der Waals surface area (Å²) in [6.45, 7) is 11.0. The van der Waals surface area contributed by atoms with Crippen molar-refractivity contribution in [1.29, 1.82) is 0 Å². The molecule has 1 unspecified atom stereocenters. The molecule has 0 aromatic heterocycles. The SMILES string of the molecule is CCc1ccc(NC(=S)NC(C)c2ccc(C(C)(C)C)cc2)cc1. The fourth-order valence-corrected chi connectivity index (χ4v) is 2.84. The molecule has 0 bridgehead atoms. The Morgan fingerprint density at radius 2 is 1.58 bits per heavy atom. The maximum Gasteiger partial charge on any atom is 0.171 e. The maximum atomic E-state index is 5.44. The lowest BCUT2D eigenvalue weighted by molar-refractivity contribution is 0.589. The fraction of sp³-hybridized carbons (Fsp3) is 0.381. The maximum absolute atomic E-state index is 5.44. The van der Waals surface area contributed by atoms with Crippen LogP contribution in [0, 0.1) is 0 Å². The zero-order chi connectivity index (χ0) is 17.7. The Bertz CT molecular complexity index is 666. The van der Waals surface area contributed by atoms with E-state index in [1.807, 2.05) is 0 Å². The molecule has 0 aliphatic rings. The van der Waals surface area contributed by atoms with Gasteiger partial charge in [-0.25, -0.2) is 0 Å². The average Bonchev–Trinajstić information content (AvgIpc) is 2.54. The number of hydrogen-bond donors (Lipinski definition) is 2. The first-order chi connectivity index (χ1) is 11.3. The predicted molar refractivity (Wildman–Crippen MR) is 109 cm³/mol. The van der Waals surface area contributed by atoms with E-state index in [1.165, 1.54) is 16.7 Å². The molecule has 2 nitrogen and oxygen atoms in total. The van der Waals surface area contributed by atoms with Crippen LogP contribution in [0.25, 0.3) is 0 Å². The Labute approximate surface area is 151 Å². The lowest BCUT2D eigenvalue weighted by Crippen LogP contribution is -2.30. The van der Waals surface area contributed by atoms with Gasteiger partial charge in [-0.1, -0.05) is 64.1 Å². The van der Waals surface area contributed by atoms with Crippen molar-refractivity contribution in [3.8, 4) is 0 Å². The molecule has 0 saturated carbocycles. The Kier molecular flexibility index (Phi) is 6.00. The number of thiocarbonyl (C=S) groups is 1. The van der Waals surface area contributed by atoms with Crippen LogP contribution in [-0.2, 0) is 11.8 Å². The van der Waals surface area contributed by atoms with Gasteiger partial charge in [0, 0.05) is 5.69 Å². The standard InChI is InChI=1S/C21H28N2S/c1-6-16-7-13-19(14-8-16)23-20(24)22-15(2)17-9-11-18(12-10-17)21(3,4)5/h7-15H,6H2,1-5H3,(H2,22,23,24). The summed E-state index contributed by atoms with van der Waals surface area (Å²) in [5.41, 5.74) is 5.09. The molecule has 0 fully saturated rings. The van der Waals surface area contributed by atoms with Crippen LogP contribution in [-0.4, -0.2) is 5.11 Å². The molecule has 0 radical (unpaired) electrons. The van der Waals surface area contributed by atoms with Crippen molar-refractivity contribution in [3.63, 3.8) is 0 Å². The fourth-order valence-electron chi connectivity index (χ4n) is 2.54. The van der Waals surface area contributed by atoms with Crippen LogP contribution in [0.1, 0.15) is 57.4 Å². The first kappa shape index (κ1) is 18.5. The number of benzene rings is 2. The van der Waals surface area contributed by atoms with Crippen molar-refractivity contribution in [2.75, 3.05) is 5.32 Å². The highest BCUT2D eigenvalue weighted by Crippen LogP contribution is 2.24. The molecule has 0 aliphatic carbocycles. The van der Waals surface area contributed by atoms with Crippen LogP contribution in [0.5, 0.6) is 0 Å². The summed E-state index contributed by atoms with van der Waals surface area (Å²) in [7, 11) is 0. The Morgan fingerprint density at radius 1 is 1.00 bits per heavy atom. The third-order valence-corrected chi connectivity index (χ3v) is 4.46. The normalized spacial score (nSPS) is 12.5. The molecular weight excluding hydrogens is 312 g/mol. The van der Waals surface area contributed by atoms with E-state index in [-0.39, 0.29) is 11.5 Å². The van der Waals surface area contributed by atoms with Crippen molar-refractivity contribution >= 4 is 23.0 Å². The van der Waals surface area contributed by atoms with Crippen LogP contribution in [0.3, 0.4) is 0 Å². The smallest absolute Gasteiger partial charge is 0.171 e. The van der Waals surface area contributed by atoms with Crippen molar-refractivity contribution < 1.29 is 0 Å². The van der Waals surface area contributed by atoms with E-state index in [2.05, 4.69) is 93.8 Å². The molecule has 2 aromatic carbocycles. The molecule has 3 heteroatoms. The molecule has 0 amide bonds. The van der Waals surface area contributed by atoms with Gasteiger partial charge in [-0.05, 0) is 59.8 Å². The van der Waals surface area contributed by atoms with E-state index in [0.29, 0.717) is 5.11 Å². The van der Waals surface area contributed by atoms with Crippen LogP contribution in [0.4, 0.5) is 5.69 Å². The molecular formula is C21H28N2S. The summed E-state index contributed by atoms with van der Waals surface area (Å²) >= 11 is 5.44. The van der Waals surface area contributed by atoms with Crippen LogP contribution in [0.15, 0.2) is 48.5 Å². The van der Waals surface area contributed by atoms with Crippen LogP contribution < -0.4 is 10.6 Å². The lowest BCUT2D eigenvalue weighted by Gasteiger charge is -2.21. The van der Waals surface area contributed by atoms with E-state index in [1.54, 1.807) is 0 Å². The van der Waals surface area contributed by atoms with Crippen LogP contribution in [0.2, 0.25) is 0 Å². The minimum absolute atomic E-state index is 0.161. The lowest BCUT2D eigenvalue weighted by atomic mass is 9.86. The minimum atomic E-state index is 0.161. The highest BCUT2D eigenvalue weighted by Gasteiger charge is 2.14. The second-order valence-corrected chi connectivity index (χ2v) is 7.65. The van der Waals surface area contributed by atoms with E-state index in [0.717, 1.165) is 12.1 Å². The highest BCUT2D eigenvalue weighted by atomic mass is 32.1. The number of aryl methyl sites for hydroxylation is 1. The third-order valence-electron chi connectivity index (χ3n) is 4.24. The van der Waals surface area contributed by atoms with Gasteiger partial charge in [0.15, 0.2) is 5.11 Å². The third kappa shape index (κ3) is 5.07. The van der Waals surface area contributed by atoms with E-state index in [9.17, 15) is 0 Å². The zero-order valence-electron chi connectivity index (χ0n) is 15.3. The quantitative estimate of drug-likeness (QED) is 0.709. The second kappa shape index (κ2) is 7.80. The highest BCUT2D eigenvalue weighted by molar-refractivity contribution is 7.80. The van der Waals surface area contributed by atoms with Gasteiger partial charge in [0.1, 0.15) is 0 Å². The van der Waals surface area contributed by atoms with E-state index in [4.69, 9.17) is 12.2 Å². The summed E-state index contributed by atoms with van der Waals surface area (Å²) in [6.07, 6.45) is 1.05. The summed E-state index contributed by atoms with van der Waals surface area (Å²) in [4.78, 5) is 0. The molecule has 2 N–H and O–H groups in total.